The molecule has 1 heterocycles. The molecule has 0 unspecified atom stereocenters. The summed E-state index contributed by atoms with van der Waals surface area (Å²) in [5.74, 6) is -0.235. The van der Waals surface area contributed by atoms with Crippen molar-refractivity contribution in [1.29, 1.82) is 0 Å². The van der Waals surface area contributed by atoms with E-state index in [1.165, 1.54) is 0 Å². The van der Waals surface area contributed by atoms with Gasteiger partial charge in [-0.25, -0.2) is 0 Å². The number of carbonyl (C=O) groups is 1. The van der Waals surface area contributed by atoms with Crippen molar-refractivity contribution in [3.05, 3.63) is 71.8 Å². The van der Waals surface area contributed by atoms with Gasteiger partial charge in [0.25, 0.3) is 0 Å². The second-order valence-corrected chi connectivity index (χ2v) is 7.24. The summed E-state index contributed by atoms with van der Waals surface area (Å²) in [7, 11) is 0. The highest BCUT2D eigenvalue weighted by Crippen LogP contribution is 2.26. The average Bonchev–Trinajstić information content (AvgIpc) is 2.69. The Morgan fingerprint density at radius 3 is 1.96 bits per heavy atom. The molecule has 0 aromatic heterocycles. The second-order valence-electron chi connectivity index (χ2n) is 7.24. The van der Waals surface area contributed by atoms with Gasteiger partial charge in [0.05, 0.1) is 25.4 Å². The maximum atomic E-state index is 13.0. The molecule has 1 aliphatic rings. The zero-order chi connectivity index (χ0) is 19.9. The Bertz CT molecular complexity index is 731. The zero-order valence-electron chi connectivity index (χ0n) is 16.6. The zero-order valence-corrected chi connectivity index (χ0v) is 16.6. The van der Waals surface area contributed by atoms with E-state index in [0.717, 1.165) is 11.1 Å². The number of benzene rings is 2. The lowest BCUT2D eigenvalue weighted by Crippen LogP contribution is -2.57. The predicted molar refractivity (Wildman–Crippen MR) is 106 cm³/mol. The Morgan fingerprint density at radius 1 is 0.893 bits per heavy atom. The summed E-state index contributed by atoms with van der Waals surface area (Å²) in [4.78, 5) is 13.0. The molecular weight excluding hydrogens is 356 g/mol. The van der Waals surface area contributed by atoms with E-state index in [-0.39, 0.29) is 18.0 Å². The molecule has 0 spiro atoms. The fourth-order valence-electron chi connectivity index (χ4n) is 3.15. The van der Waals surface area contributed by atoms with Crippen LogP contribution in [0.5, 0.6) is 0 Å². The fourth-order valence-corrected chi connectivity index (χ4v) is 3.15. The number of hydrogen-bond acceptors (Lipinski definition) is 5. The van der Waals surface area contributed by atoms with Gasteiger partial charge in [0.1, 0.15) is 6.10 Å². The van der Waals surface area contributed by atoms with E-state index in [1.54, 1.807) is 0 Å². The SMILES string of the molecule is CC(C)O[C@H]1O[C@@H](C)[C@H](OCc2ccccc2)[C@@H](OCc2ccccc2)C1=O. The van der Waals surface area contributed by atoms with Gasteiger partial charge >= 0.3 is 0 Å². The second kappa shape index (κ2) is 9.94. The molecule has 0 bridgehead atoms. The molecule has 5 nitrogen and oxygen atoms in total. The van der Waals surface area contributed by atoms with E-state index < -0.39 is 18.5 Å². The highest BCUT2D eigenvalue weighted by molar-refractivity contribution is 5.87. The highest BCUT2D eigenvalue weighted by atomic mass is 16.7. The minimum atomic E-state index is -0.938. The third-order valence-corrected chi connectivity index (χ3v) is 4.57. The molecule has 0 aliphatic carbocycles. The summed E-state index contributed by atoms with van der Waals surface area (Å²) in [6.45, 7) is 6.34. The first-order valence-electron chi connectivity index (χ1n) is 9.70. The van der Waals surface area contributed by atoms with Gasteiger partial charge in [-0.15, -0.1) is 0 Å². The summed E-state index contributed by atoms with van der Waals surface area (Å²) in [5.41, 5.74) is 2.03. The van der Waals surface area contributed by atoms with Crippen molar-refractivity contribution in [1.82, 2.24) is 0 Å². The normalized spacial score (nSPS) is 25.2. The van der Waals surface area contributed by atoms with Crippen LogP contribution in [0.15, 0.2) is 60.7 Å². The van der Waals surface area contributed by atoms with Crippen LogP contribution in [0.2, 0.25) is 0 Å². The third kappa shape index (κ3) is 5.49. The molecule has 2 aromatic rings. The van der Waals surface area contributed by atoms with E-state index >= 15 is 0 Å². The van der Waals surface area contributed by atoms with Crippen LogP contribution < -0.4 is 0 Å². The number of ketones is 1. The first kappa shape index (κ1) is 20.7. The van der Waals surface area contributed by atoms with Crippen LogP contribution >= 0.6 is 0 Å². The van der Waals surface area contributed by atoms with Crippen LogP contribution in [0.1, 0.15) is 31.9 Å². The molecule has 2 aromatic carbocycles. The summed E-state index contributed by atoms with van der Waals surface area (Å²) in [6, 6.07) is 19.6. The largest absolute Gasteiger partial charge is 0.368 e. The molecule has 150 valence electrons. The predicted octanol–water partition coefficient (Wildman–Crippen LogP) is 3.90. The lowest BCUT2D eigenvalue weighted by Gasteiger charge is -2.39. The van der Waals surface area contributed by atoms with Gasteiger partial charge in [-0.2, -0.15) is 0 Å². The van der Waals surface area contributed by atoms with Crippen LogP contribution in [0.4, 0.5) is 0 Å². The van der Waals surface area contributed by atoms with Crippen molar-refractivity contribution in [2.45, 2.75) is 64.7 Å². The van der Waals surface area contributed by atoms with E-state index in [9.17, 15) is 4.79 Å². The molecule has 5 heteroatoms. The maximum absolute atomic E-state index is 13.0. The number of hydrogen-bond donors (Lipinski definition) is 0. The third-order valence-electron chi connectivity index (χ3n) is 4.57. The van der Waals surface area contributed by atoms with Crippen LogP contribution in [-0.2, 0) is 37.0 Å². The van der Waals surface area contributed by atoms with Crippen LogP contribution in [-0.4, -0.2) is 36.5 Å². The highest BCUT2D eigenvalue weighted by Gasteiger charge is 2.45. The first-order valence-corrected chi connectivity index (χ1v) is 9.70. The van der Waals surface area contributed by atoms with Gasteiger partial charge in [0, 0.05) is 0 Å². The van der Waals surface area contributed by atoms with E-state index in [2.05, 4.69) is 0 Å². The number of ether oxygens (including phenoxy) is 4. The van der Waals surface area contributed by atoms with Gasteiger partial charge in [0.2, 0.25) is 12.1 Å². The minimum absolute atomic E-state index is 0.127. The topological polar surface area (TPSA) is 54.0 Å². The molecule has 28 heavy (non-hydrogen) atoms. The molecule has 1 fully saturated rings. The van der Waals surface area contributed by atoms with Crippen LogP contribution in [0, 0.1) is 0 Å². The molecule has 0 amide bonds. The number of rotatable bonds is 8. The van der Waals surface area contributed by atoms with Crippen molar-refractivity contribution >= 4 is 5.78 Å². The standard InChI is InChI=1S/C23H28O5/c1-16(2)27-23-20(24)22(26-15-19-12-8-5-9-13-19)21(17(3)28-23)25-14-18-10-6-4-7-11-18/h4-13,16-17,21-23H,14-15H2,1-3H3/t17-,21-,22-,23-/m0/s1. The van der Waals surface area contributed by atoms with E-state index in [0.29, 0.717) is 13.2 Å². The smallest absolute Gasteiger partial charge is 0.221 e. The molecule has 0 saturated carbocycles. The number of Topliss-reactive ketones (excluding diaryl/α,β-unsaturated/α-hetero) is 1. The van der Waals surface area contributed by atoms with Gasteiger partial charge in [-0.1, -0.05) is 60.7 Å². The minimum Gasteiger partial charge on any atom is -0.368 e. The maximum Gasteiger partial charge on any atom is 0.221 e. The Labute approximate surface area is 166 Å². The molecule has 0 radical (unpaired) electrons. The van der Waals surface area contributed by atoms with Crippen molar-refractivity contribution in [3.63, 3.8) is 0 Å². The molecule has 3 rings (SSSR count). The lowest BCUT2D eigenvalue weighted by molar-refractivity contribution is -0.253. The van der Waals surface area contributed by atoms with Crippen LogP contribution in [0.25, 0.3) is 0 Å². The lowest BCUT2D eigenvalue weighted by atomic mass is 10.0. The van der Waals surface area contributed by atoms with E-state index in [4.69, 9.17) is 18.9 Å². The fraction of sp³-hybridized carbons (Fsp3) is 0.435. The van der Waals surface area contributed by atoms with Gasteiger partial charge in [-0.05, 0) is 31.9 Å². The van der Waals surface area contributed by atoms with E-state index in [1.807, 2.05) is 81.4 Å². The van der Waals surface area contributed by atoms with Gasteiger partial charge in [-0.3, -0.25) is 4.79 Å². The van der Waals surface area contributed by atoms with Gasteiger partial charge in [0.15, 0.2) is 6.10 Å². The van der Waals surface area contributed by atoms with Crippen molar-refractivity contribution in [3.8, 4) is 0 Å². The average molecular weight is 384 g/mol. The quantitative estimate of drug-likeness (QED) is 0.691. The van der Waals surface area contributed by atoms with Crippen molar-refractivity contribution in [2.75, 3.05) is 0 Å². The Balaban J connectivity index is 1.72. The monoisotopic (exact) mass is 384 g/mol. The Kier molecular flexibility index (Phi) is 7.34. The Morgan fingerprint density at radius 2 is 1.43 bits per heavy atom. The number of carbonyl (C=O) groups excluding carboxylic acids is 1. The molecule has 1 aliphatic heterocycles. The van der Waals surface area contributed by atoms with Crippen LogP contribution in [0.3, 0.4) is 0 Å². The summed E-state index contributed by atoms with van der Waals surface area (Å²) < 4.78 is 23.6. The van der Waals surface area contributed by atoms with Crippen molar-refractivity contribution < 1.29 is 23.7 Å². The summed E-state index contributed by atoms with van der Waals surface area (Å²) in [5, 5.41) is 0. The summed E-state index contributed by atoms with van der Waals surface area (Å²) >= 11 is 0. The molecule has 0 N–H and O–H groups in total. The Hall–Kier alpha value is -2.05. The first-order chi connectivity index (χ1) is 13.5. The molecule has 4 atom stereocenters. The van der Waals surface area contributed by atoms with Gasteiger partial charge < -0.3 is 18.9 Å². The molecule has 1 saturated heterocycles. The van der Waals surface area contributed by atoms with Crippen molar-refractivity contribution in [2.24, 2.45) is 0 Å². The summed E-state index contributed by atoms with van der Waals surface area (Å²) in [6.07, 6.45) is -2.67. The molecular formula is C23H28O5.